The fourth-order valence-corrected chi connectivity index (χ4v) is 5.28. The Morgan fingerprint density at radius 3 is 1.06 bits per heavy atom. The first-order chi connectivity index (χ1) is 43.7. The molecule has 0 aliphatic rings. The lowest BCUT2D eigenvalue weighted by molar-refractivity contribution is 0.513. The van der Waals surface area contributed by atoms with Crippen LogP contribution >= 0.6 is 0 Å². The second kappa shape index (κ2) is 45.6. The highest BCUT2D eigenvalue weighted by Gasteiger charge is 2.10. The van der Waals surface area contributed by atoms with E-state index in [9.17, 15) is 0 Å². The molecular weight excluding hydrogens is 967 g/mol. The minimum Gasteiger partial charge on any atom is -0.370 e. The van der Waals surface area contributed by atoms with Gasteiger partial charge in [0.2, 0.25) is 0 Å². The Kier molecular flexibility index (Phi) is 28.2. The average molecular weight is 1070 g/mol. The van der Waals surface area contributed by atoms with Crippen LogP contribution < -0.4 is 63.3 Å². The van der Waals surface area contributed by atoms with Crippen LogP contribution in [0.1, 0.15) is 48.5 Å². The summed E-state index contributed by atoms with van der Waals surface area (Å²) in [7, 11) is 8.20. The maximum atomic E-state index is 8.19. The van der Waals surface area contributed by atoms with Gasteiger partial charge in [0.1, 0.15) is 0 Å². The molecule has 0 aliphatic carbocycles. The zero-order valence-corrected chi connectivity index (χ0v) is 47.0. The van der Waals surface area contributed by atoms with E-state index < -0.39 is 0 Å². The third-order valence-electron chi connectivity index (χ3n) is 9.47. The molecule has 5 rings (SSSR count). The molecule has 77 heavy (non-hydrogen) atoms. The summed E-state index contributed by atoms with van der Waals surface area (Å²) in [6.45, 7) is 18.2. The summed E-state index contributed by atoms with van der Waals surface area (Å²) >= 11 is 0. The molecule has 0 heterocycles. The van der Waals surface area contributed by atoms with E-state index >= 15 is 0 Å². The predicted molar refractivity (Wildman–Crippen MR) is 332 cm³/mol. The van der Waals surface area contributed by atoms with Crippen LogP contribution in [0.4, 0.5) is 28.4 Å². The molecule has 0 aliphatic heterocycles. The van der Waals surface area contributed by atoms with Crippen molar-refractivity contribution >= 4 is 70.2 Å². The second-order valence-electron chi connectivity index (χ2n) is 15.0. The monoisotopic (exact) mass is 1070 g/mol. The van der Waals surface area contributed by atoms with E-state index in [1.54, 1.807) is 55.0 Å². The van der Waals surface area contributed by atoms with Gasteiger partial charge in [-0.1, -0.05) is 91.0 Å². The Labute approximate surface area is 481 Å². The van der Waals surface area contributed by atoms with E-state index in [1.165, 1.54) is 12.4 Å². The lowest BCUT2D eigenvalue weighted by Gasteiger charge is -2.24. The normalized spacial score (nSPS) is 13.5. The van der Waals surface area contributed by atoms with Crippen LogP contribution in [0, 0.1) is 37.8 Å². The van der Waals surface area contributed by atoms with Gasteiger partial charge in [0.05, 0.1) is 0 Å². The van der Waals surface area contributed by atoms with Crippen LogP contribution in [0.2, 0.25) is 19.8 Å². The largest absolute Gasteiger partial charge is 0.370 e. The van der Waals surface area contributed by atoms with Crippen LogP contribution in [0.25, 0.3) is 0 Å². The first-order valence-electron chi connectivity index (χ1n) is 31.3. The average Bonchev–Trinajstić information content (AvgIpc) is 3.72. The summed E-state index contributed by atoms with van der Waals surface area (Å²) in [5.74, 6) is 1.89. The molecule has 0 atom stereocenters. The van der Waals surface area contributed by atoms with Crippen molar-refractivity contribution in [3.05, 3.63) is 152 Å². The molecule has 5 aromatic carbocycles. The smallest absolute Gasteiger partial charge is 0.200 e. The van der Waals surface area contributed by atoms with Crippen molar-refractivity contribution in [3.8, 4) is 0 Å². The molecular formula is C56H93N21. The van der Waals surface area contributed by atoms with E-state index in [4.69, 9.17) is 19.8 Å². The number of nitrogens with zero attached hydrogens (tertiary/aromatic N) is 4. The fraction of sp³-hybridized carbons (Fsp3) is 0.339. The Hall–Kier alpha value is -9.01. The van der Waals surface area contributed by atoms with Crippen LogP contribution in [-0.2, 0) is 0 Å². The quantitative estimate of drug-likeness (QED) is 0.0414. The lowest BCUT2D eigenvalue weighted by atomic mass is 10.3. The summed E-state index contributed by atoms with van der Waals surface area (Å²) in [6, 6.07) is 46.9. The van der Waals surface area contributed by atoms with Gasteiger partial charge >= 0.3 is 0 Å². The van der Waals surface area contributed by atoms with E-state index in [1.807, 2.05) is 199 Å². The van der Waals surface area contributed by atoms with Crippen LogP contribution in [-0.4, -0.2) is 133 Å². The summed E-state index contributed by atoms with van der Waals surface area (Å²) in [6.07, 6.45) is 0. The van der Waals surface area contributed by atoms with Crippen LogP contribution in [0.15, 0.2) is 152 Å². The summed E-state index contributed by atoms with van der Waals surface area (Å²) < 4.78 is 99.9. The molecule has 0 radical (unpaired) electrons. The molecule has 0 amide bonds. The Morgan fingerprint density at radius 2 is 0.779 bits per heavy atom. The number of nitrogens with two attached hydrogens (primary N) is 1. The van der Waals surface area contributed by atoms with Crippen LogP contribution in [0.5, 0.6) is 0 Å². The molecule has 0 fully saturated rings. The maximum absolute atomic E-state index is 8.19. The second-order valence-corrected chi connectivity index (χ2v) is 15.0. The van der Waals surface area contributed by atoms with Gasteiger partial charge < -0.3 is 73.1 Å². The van der Waals surface area contributed by atoms with Crippen molar-refractivity contribution < 1.29 is 19.8 Å². The molecule has 0 spiro atoms. The molecule has 18 N–H and O–H groups in total. The highest BCUT2D eigenvalue weighted by Crippen LogP contribution is 2.15. The molecule has 0 saturated heterocycles. The number of hydrogen-bond donors (Lipinski definition) is 17. The van der Waals surface area contributed by atoms with Crippen molar-refractivity contribution in [1.29, 1.82) is 37.8 Å². The van der Waals surface area contributed by atoms with E-state index in [0.29, 0.717) is 74.2 Å². The number of nitrogens with one attached hydrogen (secondary N) is 16. The summed E-state index contributed by atoms with van der Waals surface area (Å²) in [4.78, 5) is 7.10. The zero-order valence-electron chi connectivity index (χ0n) is 61.0. The zero-order chi connectivity index (χ0) is 69.1. The molecule has 21 heteroatoms. The lowest BCUT2D eigenvalue weighted by Crippen LogP contribution is -2.38. The van der Waals surface area contributed by atoms with Crippen molar-refractivity contribution in [2.24, 2.45) is 5.73 Å². The molecule has 422 valence electrons. The molecule has 0 bridgehead atoms. The number of anilines is 5. The molecule has 0 unspecified atom stereocenters. The van der Waals surface area contributed by atoms with Gasteiger partial charge in [0.25, 0.3) is 0 Å². The minimum absolute atomic E-state index is 0.174. The number of benzene rings is 5. The van der Waals surface area contributed by atoms with Crippen molar-refractivity contribution in [2.45, 2.75) is 48.5 Å². The number of para-hydroxylation sites is 5. The Morgan fingerprint density at radius 1 is 0.416 bits per heavy atom. The van der Waals surface area contributed by atoms with Gasteiger partial charge in [-0.05, 0) is 109 Å². The standard InChI is InChI=1S/C15H17N3.2C10H15N3.C9H13N3.C5H13N3.C4H11N3.C3H9N3/c1-2-18(14-11-7-4-8-12-14)15(16)17-13-9-5-3-6-10-13;1-3-13(2)10(11)12-9-7-5-4-6-8-9;1-3-13(10(11)12-2)9-7-5-4-6-8-9;1-2-11-9(10)12-8-6-4-3-5-7-8;1-4-8(3)5(6)7-2;1-3-7-4(5)6-2;1-2-6-3(4)5/h3-12H,2H2,1H3,(H2,16,17);2*4-8H,3H2,1-2H3,(H2,11,12);3-7H,2H2,1H3,(H3,10,11,12);4H2,1-3H3,(H2,6,7);3H2,1-2H3,(H3,5,6,7);2H2,1H3,(H4,4,5,6)/i/hD14. The fourth-order valence-electron chi connectivity index (χ4n) is 5.28. The highest BCUT2D eigenvalue weighted by molar-refractivity contribution is 6.03. The third kappa shape index (κ3) is 34.9. The number of guanidine groups is 7. The van der Waals surface area contributed by atoms with Gasteiger partial charge in [0.15, 0.2) is 61.5 Å². The molecule has 0 aromatic heterocycles. The predicted octanol–water partition coefficient (Wildman–Crippen LogP) is 8.19. The van der Waals surface area contributed by atoms with Gasteiger partial charge in [-0.15, -0.1) is 0 Å². The molecule has 5 aromatic rings. The van der Waals surface area contributed by atoms with Gasteiger partial charge in [-0.25, -0.2) is 0 Å². The number of hydrogen-bond acceptors (Lipinski definition) is 7. The van der Waals surface area contributed by atoms with Gasteiger partial charge in [-0.3, -0.25) is 37.8 Å². The first-order valence-corrected chi connectivity index (χ1v) is 25.0. The highest BCUT2D eigenvalue weighted by atomic mass is 15.3. The Bertz CT molecular complexity index is 2810. The Balaban J connectivity index is 0. The van der Waals surface area contributed by atoms with E-state index in [-0.39, 0.29) is 23.8 Å². The SMILES string of the molecule is [2H]N=C(N(C)CC)N([2H])c1ccccc1.[2H]N=C(N([2H])C)N(C)CC.[2H]N=C(N([2H])C)N(CC)c1ccccc1.[2H]N=C(N([2H])c1ccccc1)N(CC)c1ccccc1.[2H]N=C(NCC)N([2H])C.[2H]N=C(NCC)N([2H])c1ccccc1.[2H]N=C(N[2H])NCC. The minimum atomic E-state index is 0.174. The molecule has 21 nitrogen and oxygen atoms in total. The van der Waals surface area contributed by atoms with Crippen molar-refractivity contribution in [1.82, 2.24) is 41.7 Å². The van der Waals surface area contributed by atoms with Crippen molar-refractivity contribution in [2.75, 3.05) is 107 Å². The third-order valence-corrected chi connectivity index (χ3v) is 9.47. The van der Waals surface area contributed by atoms with Crippen molar-refractivity contribution in [3.63, 3.8) is 0 Å². The first kappa shape index (κ1) is 47.7. The van der Waals surface area contributed by atoms with Gasteiger partial charge in [-0.2, -0.15) is 0 Å². The summed E-state index contributed by atoms with van der Waals surface area (Å²) in [5, 5.41) is 37.5. The van der Waals surface area contributed by atoms with E-state index in [0.717, 1.165) is 44.5 Å². The number of rotatable bonds is 12. The molecule has 0 saturated carbocycles. The topological polar surface area (TPSA) is 314 Å². The van der Waals surface area contributed by atoms with E-state index in [2.05, 4.69) is 53.8 Å². The maximum Gasteiger partial charge on any atom is 0.200 e. The van der Waals surface area contributed by atoms with Gasteiger partial charge in [0, 0.05) is 109 Å². The summed E-state index contributed by atoms with van der Waals surface area (Å²) in [5.41, 5.74) is 5.85. The van der Waals surface area contributed by atoms with Crippen LogP contribution in [0.3, 0.4) is 0 Å².